The minimum absolute atomic E-state index is 0.634. The Hall–Kier alpha value is -1.55. The topological polar surface area (TPSA) is 42.7 Å². The van der Waals surface area contributed by atoms with Gasteiger partial charge in [-0.15, -0.1) is 0 Å². The molecule has 0 aromatic carbocycles. The summed E-state index contributed by atoms with van der Waals surface area (Å²) in [5, 5.41) is 8.20. The zero-order chi connectivity index (χ0) is 12.4. The van der Waals surface area contributed by atoms with Crippen LogP contribution in [-0.4, -0.2) is 21.8 Å². The van der Waals surface area contributed by atoms with Crippen molar-refractivity contribution in [2.45, 2.75) is 20.4 Å². The minimum Gasteiger partial charge on any atom is -0.388 e. The number of hydrogen-bond acceptors (Lipinski definition) is 3. The van der Waals surface area contributed by atoms with E-state index in [9.17, 15) is 0 Å². The van der Waals surface area contributed by atoms with Gasteiger partial charge in [0.05, 0.1) is 28.6 Å². The smallest absolute Gasteiger partial charge is 0.0844 e. The first-order chi connectivity index (χ1) is 8.11. The monoisotopic (exact) mass is 250 g/mol. The Balaban J connectivity index is 2.28. The molecule has 0 saturated carbocycles. The van der Waals surface area contributed by atoms with Crippen LogP contribution in [0.4, 0.5) is 5.69 Å². The molecule has 4 nitrogen and oxygen atoms in total. The summed E-state index contributed by atoms with van der Waals surface area (Å²) >= 11 is 6.11. The zero-order valence-electron chi connectivity index (χ0n) is 10.2. The lowest BCUT2D eigenvalue weighted by molar-refractivity contribution is 0.647. The van der Waals surface area contributed by atoms with Crippen molar-refractivity contribution >= 4 is 17.3 Å². The number of halogens is 1. The van der Waals surface area contributed by atoms with Crippen molar-refractivity contribution in [1.82, 2.24) is 14.8 Å². The molecule has 0 aliphatic heterocycles. The highest BCUT2D eigenvalue weighted by atomic mass is 35.5. The van der Waals surface area contributed by atoms with Gasteiger partial charge in [0.25, 0.3) is 0 Å². The van der Waals surface area contributed by atoms with Gasteiger partial charge in [0.15, 0.2) is 0 Å². The van der Waals surface area contributed by atoms with Gasteiger partial charge in [0.2, 0.25) is 0 Å². The van der Waals surface area contributed by atoms with Crippen LogP contribution in [0.25, 0.3) is 0 Å². The molecule has 0 atom stereocenters. The Labute approximate surface area is 106 Å². The summed E-state index contributed by atoms with van der Waals surface area (Å²) in [6.45, 7) is 4.50. The Morgan fingerprint density at radius 1 is 1.41 bits per heavy atom. The molecule has 0 bridgehead atoms. The number of rotatable bonds is 3. The summed E-state index contributed by atoms with van der Waals surface area (Å²) in [6.07, 6.45) is 1.79. The van der Waals surface area contributed by atoms with Crippen molar-refractivity contribution in [2.75, 3.05) is 12.4 Å². The van der Waals surface area contributed by atoms with Gasteiger partial charge in [-0.05, 0) is 26.0 Å². The fourth-order valence-electron chi connectivity index (χ4n) is 1.70. The van der Waals surface area contributed by atoms with E-state index in [0.29, 0.717) is 6.54 Å². The van der Waals surface area contributed by atoms with E-state index in [-0.39, 0.29) is 0 Å². The van der Waals surface area contributed by atoms with Crippen molar-refractivity contribution in [3.63, 3.8) is 0 Å². The van der Waals surface area contributed by atoms with Crippen LogP contribution in [0, 0.1) is 13.8 Å². The maximum atomic E-state index is 6.11. The van der Waals surface area contributed by atoms with Crippen LogP contribution in [0.2, 0.25) is 5.02 Å². The van der Waals surface area contributed by atoms with Gasteiger partial charge >= 0.3 is 0 Å². The third-order valence-corrected chi connectivity index (χ3v) is 3.26. The normalized spacial score (nSPS) is 10.6. The Morgan fingerprint density at radius 3 is 2.76 bits per heavy atom. The molecule has 0 saturated heterocycles. The van der Waals surface area contributed by atoms with E-state index in [0.717, 1.165) is 27.8 Å². The second-order valence-electron chi connectivity index (χ2n) is 3.93. The van der Waals surface area contributed by atoms with E-state index >= 15 is 0 Å². The number of nitrogens with zero attached hydrogens (tertiary/aromatic N) is 3. The number of aryl methyl sites for hydroxylation is 1. The van der Waals surface area contributed by atoms with Gasteiger partial charge < -0.3 is 5.32 Å². The molecule has 2 rings (SSSR count). The number of nitrogens with one attached hydrogen (secondary N) is 1. The lowest BCUT2D eigenvalue weighted by atomic mass is 10.3. The fourth-order valence-corrected chi connectivity index (χ4v) is 1.84. The molecule has 2 heterocycles. The predicted octanol–water partition coefficient (Wildman–Crippen LogP) is 2.64. The average Bonchev–Trinajstić information content (AvgIpc) is 2.57. The highest BCUT2D eigenvalue weighted by Crippen LogP contribution is 2.19. The van der Waals surface area contributed by atoms with Crippen molar-refractivity contribution in [1.29, 1.82) is 0 Å². The molecule has 17 heavy (non-hydrogen) atoms. The van der Waals surface area contributed by atoms with Crippen LogP contribution in [-0.2, 0) is 6.54 Å². The molecule has 2 aromatic heterocycles. The Bertz CT molecular complexity index is 533. The van der Waals surface area contributed by atoms with Crippen molar-refractivity contribution in [3.05, 3.63) is 40.4 Å². The summed E-state index contributed by atoms with van der Waals surface area (Å²) < 4.78 is 1.87. The van der Waals surface area contributed by atoms with E-state index in [1.807, 2.05) is 37.7 Å². The fraction of sp³-hybridized carbons (Fsp3) is 0.333. The molecule has 2 aromatic rings. The molecule has 0 unspecified atom stereocenters. The highest BCUT2D eigenvalue weighted by Gasteiger charge is 2.09. The van der Waals surface area contributed by atoms with Crippen LogP contribution in [0.3, 0.4) is 0 Å². The van der Waals surface area contributed by atoms with Crippen LogP contribution in [0.5, 0.6) is 0 Å². The van der Waals surface area contributed by atoms with Crippen LogP contribution < -0.4 is 5.32 Å². The van der Waals surface area contributed by atoms with Crippen LogP contribution >= 0.6 is 11.6 Å². The van der Waals surface area contributed by atoms with E-state index in [4.69, 9.17) is 11.6 Å². The van der Waals surface area contributed by atoms with Gasteiger partial charge in [-0.3, -0.25) is 9.67 Å². The maximum absolute atomic E-state index is 6.11. The largest absolute Gasteiger partial charge is 0.388 e. The zero-order valence-corrected chi connectivity index (χ0v) is 10.9. The molecular formula is C12H15ClN4. The molecule has 0 spiro atoms. The number of aromatic nitrogens is 3. The first-order valence-corrected chi connectivity index (χ1v) is 5.82. The van der Waals surface area contributed by atoms with E-state index in [2.05, 4.69) is 15.4 Å². The lowest BCUT2D eigenvalue weighted by Crippen LogP contribution is -2.06. The maximum Gasteiger partial charge on any atom is 0.0844 e. The summed E-state index contributed by atoms with van der Waals surface area (Å²) in [4.78, 5) is 4.32. The van der Waals surface area contributed by atoms with E-state index in [1.54, 1.807) is 6.20 Å². The SMILES string of the molecule is CNc1ccnc(Cn2nc(C)c(Cl)c2C)c1. The molecular weight excluding hydrogens is 236 g/mol. The van der Waals surface area contributed by atoms with Gasteiger partial charge in [0, 0.05) is 18.9 Å². The van der Waals surface area contributed by atoms with Crippen molar-refractivity contribution < 1.29 is 0 Å². The van der Waals surface area contributed by atoms with Crippen LogP contribution in [0.15, 0.2) is 18.3 Å². The van der Waals surface area contributed by atoms with E-state index < -0.39 is 0 Å². The first kappa shape index (κ1) is 11.9. The third-order valence-electron chi connectivity index (χ3n) is 2.71. The molecule has 1 N–H and O–H groups in total. The Morgan fingerprint density at radius 2 is 2.18 bits per heavy atom. The van der Waals surface area contributed by atoms with Gasteiger partial charge in [-0.2, -0.15) is 5.10 Å². The highest BCUT2D eigenvalue weighted by molar-refractivity contribution is 6.31. The predicted molar refractivity (Wildman–Crippen MR) is 69.6 cm³/mol. The molecule has 0 aliphatic rings. The van der Waals surface area contributed by atoms with Gasteiger partial charge in [-0.25, -0.2) is 0 Å². The second kappa shape index (κ2) is 4.75. The van der Waals surface area contributed by atoms with Crippen molar-refractivity contribution in [3.8, 4) is 0 Å². The summed E-state index contributed by atoms with van der Waals surface area (Å²) in [5.41, 5.74) is 3.83. The minimum atomic E-state index is 0.634. The number of pyridine rings is 1. The second-order valence-corrected chi connectivity index (χ2v) is 4.31. The molecule has 0 radical (unpaired) electrons. The number of anilines is 1. The van der Waals surface area contributed by atoms with Crippen molar-refractivity contribution in [2.24, 2.45) is 0 Å². The first-order valence-electron chi connectivity index (χ1n) is 5.44. The summed E-state index contributed by atoms with van der Waals surface area (Å²) in [7, 11) is 1.89. The molecule has 0 aliphatic carbocycles. The third kappa shape index (κ3) is 2.42. The lowest BCUT2D eigenvalue weighted by Gasteiger charge is -2.06. The molecule has 0 fully saturated rings. The molecule has 90 valence electrons. The van der Waals surface area contributed by atoms with Gasteiger partial charge in [0.1, 0.15) is 0 Å². The number of hydrogen-bond donors (Lipinski definition) is 1. The average molecular weight is 251 g/mol. The molecule has 0 amide bonds. The standard InChI is InChI=1S/C12H15ClN4/c1-8-12(13)9(2)17(16-8)7-11-6-10(14-3)4-5-15-11/h4-6H,7H2,1-3H3,(H,14,15). The molecule has 5 heteroatoms. The Kier molecular flexibility index (Phi) is 3.33. The van der Waals surface area contributed by atoms with E-state index in [1.165, 1.54) is 0 Å². The quantitative estimate of drug-likeness (QED) is 0.911. The van der Waals surface area contributed by atoms with Gasteiger partial charge in [-0.1, -0.05) is 11.6 Å². The summed E-state index contributed by atoms with van der Waals surface area (Å²) in [5.74, 6) is 0. The van der Waals surface area contributed by atoms with Crippen LogP contribution in [0.1, 0.15) is 17.1 Å². The summed E-state index contributed by atoms with van der Waals surface area (Å²) in [6, 6.07) is 3.93.